The van der Waals surface area contributed by atoms with Crippen LogP contribution in [0, 0.1) is 17.1 Å². The van der Waals surface area contributed by atoms with Gasteiger partial charge in [0.05, 0.1) is 12.6 Å². The lowest BCUT2D eigenvalue weighted by Gasteiger charge is -2.12. The van der Waals surface area contributed by atoms with E-state index in [1.165, 1.54) is 6.07 Å². The van der Waals surface area contributed by atoms with Gasteiger partial charge < -0.3 is 0 Å². The van der Waals surface area contributed by atoms with E-state index >= 15 is 0 Å². The third-order valence-electron chi connectivity index (χ3n) is 1.92. The van der Waals surface area contributed by atoms with E-state index in [4.69, 9.17) is 5.26 Å². The van der Waals surface area contributed by atoms with Crippen molar-refractivity contribution in [3.05, 3.63) is 34.1 Å². The Balaban J connectivity index is 2.80. The topological polar surface area (TPSA) is 35.8 Å². The summed E-state index contributed by atoms with van der Waals surface area (Å²) in [5.41, 5.74) is 0.573. The minimum Gasteiger partial charge on any atom is -0.298 e. The van der Waals surface area contributed by atoms with Crippen LogP contribution in [0.1, 0.15) is 18.5 Å². The summed E-state index contributed by atoms with van der Waals surface area (Å²) >= 11 is 3.19. The van der Waals surface area contributed by atoms with Crippen LogP contribution in [0.3, 0.4) is 0 Å². The second-order valence-electron chi connectivity index (χ2n) is 2.93. The van der Waals surface area contributed by atoms with Crippen molar-refractivity contribution in [1.82, 2.24) is 5.32 Å². The molecule has 0 saturated carbocycles. The van der Waals surface area contributed by atoms with Crippen molar-refractivity contribution in [2.75, 3.05) is 6.54 Å². The van der Waals surface area contributed by atoms with Crippen molar-refractivity contribution >= 4 is 15.9 Å². The van der Waals surface area contributed by atoms with Gasteiger partial charge in [-0.1, -0.05) is 22.0 Å². The summed E-state index contributed by atoms with van der Waals surface area (Å²) in [6, 6.07) is 6.71. The van der Waals surface area contributed by atoms with Crippen LogP contribution in [-0.4, -0.2) is 6.54 Å². The fourth-order valence-corrected chi connectivity index (χ4v) is 1.49. The van der Waals surface area contributed by atoms with Gasteiger partial charge in [-0.3, -0.25) is 5.32 Å². The molecule has 4 heteroatoms. The molecule has 2 nitrogen and oxygen atoms in total. The molecule has 1 atom stereocenters. The van der Waals surface area contributed by atoms with Gasteiger partial charge in [-0.2, -0.15) is 5.26 Å². The van der Waals surface area contributed by atoms with Gasteiger partial charge in [-0.05, 0) is 19.1 Å². The Hall–Kier alpha value is -0.920. The zero-order valence-corrected chi connectivity index (χ0v) is 9.31. The molecule has 0 aliphatic heterocycles. The molecule has 1 rings (SSSR count). The minimum absolute atomic E-state index is 0.150. The highest BCUT2D eigenvalue weighted by atomic mass is 79.9. The Bertz CT molecular complexity index is 360. The lowest BCUT2D eigenvalue weighted by atomic mass is 10.1. The zero-order chi connectivity index (χ0) is 10.6. The number of hydrogen-bond donors (Lipinski definition) is 1. The van der Waals surface area contributed by atoms with E-state index in [0.29, 0.717) is 10.0 Å². The van der Waals surface area contributed by atoms with Gasteiger partial charge in [-0.25, -0.2) is 4.39 Å². The molecule has 1 aromatic carbocycles. The third kappa shape index (κ3) is 2.79. The van der Waals surface area contributed by atoms with Crippen LogP contribution in [0.2, 0.25) is 0 Å². The van der Waals surface area contributed by atoms with Gasteiger partial charge in [0.2, 0.25) is 0 Å². The number of hydrogen-bond acceptors (Lipinski definition) is 2. The van der Waals surface area contributed by atoms with E-state index in [1.54, 1.807) is 12.1 Å². The van der Waals surface area contributed by atoms with E-state index in [-0.39, 0.29) is 18.4 Å². The average molecular weight is 257 g/mol. The monoisotopic (exact) mass is 256 g/mol. The molecule has 1 aromatic rings. The van der Waals surface area contributed by atoms with Crippen LogP contribution in [0.15, 0.2) is 22.7 Å². The van der Waals surface area contributed by atoms with Crippen LogP contribution in [-0.2, 0) is 0 Å². The van der Waals surface area contributed by atoms with Crippen LogP contribution >= 0.6 is 15.9 Å². The van der Waals surface area contributed by atoms with E-state index in [0.717, 1.165) is 0 Å². The maximum Gasteiger partial charge on any atom is 0.129 e. The Morgan fingerprint density at radius 2 is 2.36 bits per heavy atom. The molecule has 0 aromatic heterocycles. The van der Waals surface area contributed by atoms with Crippen LogP contribution in [0.25, 0.3) is 0 Å². The quantitative estimate of drug-likeness (QED) is 0.845. The van der Waals surface area contributed by atoms with E-state index < -0.39 is 0 Å². The molecule has 0 amide bonds. The van der Waals surface area contributed by atoms with E-state index in [2.05, 4.69) is 21.2 Å². The first-order valence-electron chi connectivity index (χ1n) is 4.20. The molecule has 74 valence electrons. The first-order valence-corrected chi connectivity index (χ1v) is 4.99. The smallest absolute Gasteiger partial charge is 0.129 e. The molecular weight excluding hydrogens is 247 g/mol. The number of nitrogens with one attached hydrogen (secondary N) is 1. The lowest BCUT2D eigenvalue weighted by molar-refractivity contribution is 0.550. The van der Waals surface area contributed by atoms with Gasteiger partial charge in [-0.15, -0.1) is 0 Å². The molecule has 1 N–H and O–H groups in total. The Labute approximate surface area is 90.9 Å². The maximum atomic E-state index is 13.4. The molecule has 1 unspecified atom stereocenters. The molecule has 0 aliphatic rings. The van der Waals surface area contributed by atoms with Crippen molar-refractivity contribution in [2.24, 2.45) is 0 Å². The predicted molar refractivity (Wildman–Crippen MR) is 56.1 cm³/mol. The second kappa shape index (κ2) is 5.08. The summed E-state index contributed by atoms with van der Waals surface area (Å²) in [6.07, 6.45) is 0. The van der Waals surface area contributed by atoms with Gasteiger partial charge in [0, 0.05) is 16.1 Å². The largest absolute Gasteiger partial charge is 0.298 e. The van der Waals surface area contributed by atoms with Crippen molar-refractivity contribution in [2.45, 2.75) is 13.0 Å². The van der Waals surface area contributed by atoms with Crippen LogP contribution in [0.4, 0.5) is 4.39 Å². The van der Waals surface area contributed by atoms with Gasteiger partial charge in [0.15, 0.2) is 0 Å². The van der Waals surface area contributed by atoms with Gasteiger partial charge >= 0.3 is 0 Å². The molecular formula is C10H10BrFN2. The SMILES string of the molecule is CC(NCC#N)c1ccc(Br)cc1F. The first-order chi connectivity index (χ1) is 6.65. The molecule has 0 saturated heterocycles. The highest BCUT2D eigenvalue weighted by molar-refractivity contribution is 9.10. The Morgan fingerprint density at radius 1 is 1.64 bits per heavy atom. The normalized spacial score (nSPS) is 12.1. The number of nitriles is 1. The zero-order valence-electron chi connectivity index (χ0n) is 7.72. The summed E-state index contributed by atoms with van der Waals surface area (Å²) < 4.78 is 14.1. The molecule has 14 heavy (non-hydrogen) atoms. The molecule has 0 radical (unpaired) electrons. The third-order valence-corrected chi connectivity index (χ3v) is 2.41. The van der Waals surface area contributed by atoms with Gasteiger partial charge in [0.1, 0.15) is 5.82 Å². The number of halogens is 2. The molecule has 0 spiro atoms. The average Bonchev–Trinajstić information content (AvgIpc) is 2.14. The highest BCUT2D eigenvalue weighted by Gasteiger charge is 2.09. The second-order valence-corrected chi connectivity index (χ2v) is 3.84. The number of rotatable bonds is 3. The first kappa shape index (κ1) is 11.2. The molecule has 0 fully saturated rings. The van der Waals surface area contributed by atoms with Crippen LogP contribution in [0.5, 0.6) is 0 Å². The standard InChI is InChI=1S/C10H10BrFN2/c1-7(14-5-4-13)9-3-2-8(11)6-10(9)12/h2-3,6-7,14H,5H2,1H3. The maximum absolute atomic E-state index is 13.4. The fourth-order valence-electron chi connectivity index (χ4n) is 1.16. The van der Waals surface area contributed by atoms with E-state index in [9.17, 15) is 4.39 Å². The molecule has 0 heterocycles. The highest BCUT2D eigenvalue weighted by Crippen LogP contribution is 2.20. The van der Waals surface area contributed by atoms with Crippen molar-refractivity contribution in [1.29, 1.82) is 5.26 Å². The minimum atomic E-state index is -0.266. The van der Waals surface area contributed by atoms with Crippen molar-refractivity contribution in [3.63, 3.8) is 0 Å². The van der Waals surface area contributed by atoms with Crippen molar-refractivity contribution < 1.29 is 4.39 Å². The molecule has 0 bridgehead atoms. The summed E-state index contributed by atoms with van der Waals surface area (Å²) in [6.45, 7) is 2.04. The number of nitrogens with zero attached hydrogens (tertiary/aromatic N) is 1. The summed E-state index contributed by atoms with van der Waals surface area (Å²) in [7, 11) is 0. The van der Waals surface area contributed by atoms with E-state index in [1.807, 2.05) is 13.0 Å². The van der Waals surface area contributed by atoms with Crippen molar-refractivity contribution in [3.8, 4) is 6.07 Å². The lowest BCUT2D eigenvalue weighted by Crippen LogP contribution is -2.19. The summed E-state index contributed by atoms with van der Waals surface area (Å²) in [4.78, 5) is 0. The fraction of sp³-hybridized carbons (Fsp3) is 0.300. The van der Waals surface area contributed by atoms with Gasteiger partial charge in [0.25, 0.3) is 0 Å². The molecule has 0 aliphatic carbocycles. The summed E-state index contributed by atoms with van der Waals surface area (Å²) in [5, 5.41) is 11.3. The Kier molecular flexibility index (Phi) is 4.05. The summed E-state index contributed by atoms with van der Waals surface area (Å²) in [5.74, 6) is -0.266. The Morgan fingerprint density at radius 3 is 2.93 bits per heavy atom. The predicted octanol–water partition coefficient (Wildman–Crippen LogP) is 2.76. The number of benzene rings is 1. The van der Waals surface area contributed by atoms with Crippen LogP contribution < -0.4 is 5.32 Å².